The zero-order valence-electron chi connectivity index (χ0n) is 11.6. The number of benzene rings is 1. The predicted octanol–water partition coefficient (Wildman–Crippen LogP) is 3.60. The van der Waals surface area contributed by atoms with Crippen LogP contribution in [-0.2, 0) is 4.74 Å². The quantitative estimate of drug-likeness (QED) is 0.715. The van der Waals surface area contributed by atoms with Crippen molar-refractivity contribution in [3.63, 3.8) is 0 Å². The number of aryl methyl sites for hydroxylation is 1. The zero-order valence-corrected chi connectivity index (χ0v) is 11.6. The second kappa shape index (κ2) is 8.22. The summed E-state index contributed by atoms with van der Waals surface area (Å²) >= 11 is 0. The van der Waals surface area contributed by atoms with Gasteiger partial charge >= 0.3 is 0 Å². The summed E-state index contributed by atoms with van der Waals surface area (Å²) in [6.45, 7) is 8.38. The van der Waals surface area contributed by atoms with E-state index in [1.807, 2.05) is 19.1 Å². The van der Waals surface area contributed by atoms with E-state index in [4.69, 9.17) is 4.74 Å². The highest BCUT2D eigenvalue weighted by Crippen LogP contribution is 2.19. The summed E-state index contributed by atoms with van der Waals surface area (Å²) in [4.78, 5) is 0. The van der Waals surface area contributed by atoms with Crippen molar-refractivity contribution in [2.75, 3.05) is 19.8 Å². The van der Waals surface area contributed by atoms with Crippen LogP contribution in [0.3, 0.4) is 0 Å². The minimum Gasteiger partial charge on any atom is -0.382 e. The van der Waals surface area contributed by atoms with Gasteiger partial charge in [0.2, 0.25) is 0 Å². The Morgan fingerprint density at radius 3 is 2.72 bits per heavy atom. The lowest BCUT2D eigenvalue weighted by Crippen LogP contribution is -2.23. The summed E-state index contributed by atoms with van der Waals surface area (Å²) in [6.07, 6.45) is 2.00. The largest absolute Gasteiger partial charge is 0.382 e. The molecule has 0 aliphatic rings. The maximum absolute atomic E-state index is 13.3. The lowest BCUT2D eigenvalue weighted by molar-refractivity contribution is 0.136. The SMILES string of the molecule is CCCNC(CCOCC)c1ccc(F)c(C)c1. The molecule has 1 unspecified atom stereocenters. The summed E-state index contributed by atoms with van der Waals surface area (Å²) < 4.78 is 18.7. The van der Waals surface area contributed by atoms with Crippen molar-refractivity contribution in [1.82, 2.24) is 5.32 Å². The monoisotopic (exact) mass is 253 g/mol. The molecule has 0 heterocycles. The van der Waals surface area contributed by atoms with Crippen molar-refractivity contribution in [3.05, 3.63) is 35.1 Å². The van der Waals surface area contributed by atoms with Gasteiger partial charge in [0.05, 0.1) is 0 Å². The average molecular weight is 253 g/mol. The minimum absolute atomic E-state index is 0.141. The van der Waals surface area contributed by atoms with E-state index in [1.165, 1.54) is 0 Å². The van der Waals surface area contributed by atoms with Crippen LogP contribution in [0.4, 0.5) is 4.39 Å². The number of rotatable bonds is 8. The maximum Gasteiger partial charge on any atom is 0.126 e. The van der Waals surface area contributed by atoms with Gasteiger partial charge in [0.15, 0.2) is 0 Å². The fourth-order valence-corrected chi connectivity index (χ4v) is 1.94. The molecule has 0 fully saturated rings. The van der Waals surface area contributed by atoms with E-state index in [2.05, 4.69) is 12.2 Å². The van der Waals surface area contributed by atoms with Crippen LogP contribution in [-0.4, -0.2) is 19.8 Å². The topological polar surface area (TPSA) is 21.3 Å². The Hall–Kier alpha value is -0.930. The third-order valence-corrected chi connectivity index (χ3v) is 2.98. The van der Waals surface area contributed by atoms with Crippen LogP contribution in [0, 0.1) is 12.7 Å². The third-order valence-electron chi connectivity index (χ3n) is 2.98. The summed E-state index contributed by atoms with van der Waals surface area (Å²) in [5.74, 6) is -0.141. The molecule has 0 spiro atoms. The van der Waals surface area contributed by atoms with E-state index in [1.54, 1.807) is 13.0 Å². The molecule has 0 bridgehead atoms. The highest BCUT2D eigenvalue weighted by Gasteiger charge is 2.11. The highest BCUT2D eigenvalue weighted by atomic mass is 19.1. The van der Waals surface area contributed by atoms with Gasteiger partial charge < -0.3 is 10.1 Å². The van der Waals surface area contributed by atoms with Gasteiger partial charge in [-0.2, -0.15) is 0 Å². The summed E-state index contributed by atoms with van der Waals surface area (Å²) in [5.41, 5.74) is 1.84. The molecule has 1 atom stereocenters. The minimum atomic E-state index is -0.141. The van der Waals surface area contributed by atoms with Crippen LogP contribution in [0.25, 0.3) is 0 Å². The van der Waals surface area contributed by atoms with Crippen molar-refractivity contribution in [1.29, 1.82) is 0 Å². The molecule has 1 aromatic carbocycles. The van der Waals surface area contributed by atoms with Crippen molar-refractivity contribution in [2.45, 2.75) is 39.7 Å². The molecular weight excluding hydrogens is 229 g/mol. The Bertz CT molecular complexity index is 354. The van der Waals surface area contributed by atoms with Gasteiger partial charge in [0.1, 0.15) is 5.82 Å². The van der Waals surface area contributed by atoms with Crippen molar-refractivity contribution >= 4 is 0 Å². The molecule has 0 amide bonds. The first-order valence-corrected chi connectivity index (χ1v) is 6.76. The number of hydrogen-bond acceptors (Lipinski definition) is 2. The van der Waals surface area contributed by atoms with Crippen molar-refractivity contribution < 1.29 is 9.13 Å². The van der Waals surface area contributed by atoms with E-state index in [9.17, 15) is 4.39 Å². The summed E-state index contributed by atoms with van der Waals surface area (Å²) in [7, 11) is 0. The van der Waals surface area contributed by atoms with Gasteiger partial charge in [-0.25, -0.2) is 4.39 Å². The predicted molar refractivity (Wildman–Crippen MR) is 73.3 cm³/mol. The molecule has 0 radical (unpaired) electrons. The third kappa shape index (κ3) is 4.75. The molecule has 0 saturated heterocycles. The fourth-order valence-electron chi connectivity index (χ4n) is 1.94. The Labute approximate surface area is 110 Å². The molecule has 1 aromatic rings. The number of hydrogen-bond donors (Lipinski definition) is 1. The first-order chi connectivity index (χ1) is 8.69. The van der Waals surface area contributed by atoms with Gasteiger partial charge in [-0.15, -0.1) is 0 Å². The van der Waals surface area contributed by atoms with Crippen LogP contribution in [0.15, 0.2) is 18.2 Å². The van der Waals surface area contributed by atoms with E-state index >= 15 is 0 Å². The normalized spacial score (nSPS) is 12.7. The lowest BCUT2D eigenvalue weighted by Gasteiger charge is -2.19. The van der Waals surface area contributed by atoms with Gasteiger partial charge in [0, 0.05) is 19.3 Å². The first-order valence-electron chi connectivity index (χ1n) is 6.76. The molecule has 1 rings (SSSR count). The molecule has 102 valence electrons. The van der Waals surface area contributed by atoms with Crippen molar-refractivity contribution in [2.24, 2.45) is 0 Å². The summed E-state index contributed by atoms with van der Waals surface area (Å²) in [5, 5.41) is 3.49. The molecule has 0 aromatic heterocycles. The Balaban J connectivity index is 2.70. The van der Waals surface area contributed by atoms with Gasteiger partial charge in [-0.3, -0.25) is 0 Å². The smallest absolute Gasteiger partial charge is 0.126 e. The van der Waals surface area contributed by atoms with Gasteiger partial charge in [0.25, 0.3) is 0 Å². The van der Waals surface area contributed by atoms with Gasteiger partial charge in [-0.05, 0) is 50.4 Å². The molecular formula is C15H24FNO. The first kappa shape index (κ1) is 15.1. The van der Waals surface area contributed by atoms with E-state index in [-0.39, 0.29) is 11.9 Å². The van der Waals surface area contributed by atoms with E-state index in [0.29, 0.717) is 5.56 Å². The number of ether oxygens (including phenoxy) is 1. The summed E-state index contributed by atoms with van der Waals surface area (Å²) in [6, 6.07) is 5.58. The second-order valence-electron chi connectivity index (χ2n) is 4.50. The standard InChI is InChI=1S/C15H24FNO/c1-4-9-17-15(8-10-18-5-2)13-6-7-14(16)12(3)11-13/h6-7,11,15,17H,4-5,8-10H2,1-3H3. The van der Waals surface area contributed by atoms with E-state index < -0.39 is 0 Å². The number of nitrogens with one attached hydrogen (secondary N) is 1. The zero-order chi connectivity index (χ0) is 13.4. The van der Waals surface area contributed by atoms with Crippen LogP contribution in [0.2, 0.25) is 0 Å². The highest BCUT2D eigenvalue weighted by molar-refractivity contribution is 5.26. The van der Waals surface area contributed by atoms with Gasteiger partial charge in [-0.1, -0.05) is 19.1 Å². The van der Waals surface area contributed by atoms with Crippen LogP contribution in [0.1, 0.15) is 43.9 Å². The van der Waals surface area contributed by atoms with Crippen LogP contribution >= 0.6 is 0 Å². The molecule has 0 aliphatic heterocycles. The van der Waals surface area contributed by atoms with Crippen LogP contribution < -0.4 is 5.32 Å². The average Bonchev–Trinajstić information content (AvgIpc) is 2.37. The fraction of sp³-hybridized carbons (Fsp3) is 0.600. The second-order valence-corrected chi connectivity index (χ2v) is 4.50. The van der Waals surface area contributed by atoms with Crippen molar-refractivity contribution in [3.8, 4) is 0 Å². The Morgan fingerprint density at radius 1 is 1.33 bits per heavy atom. The molecule has 0 aliphatic carbocycles. The maximum atomic E-state index is 13.3. The van der Waals surface area contributed by atoms with E-state index in [0.717, 1.165) is 38.2 Å². The lowest BCUT2D eigenvalue weighted by atomic mass is 10.0. The molecule has 0 saturated carbocycles. The molecule has 18 heavy (non-hydrogen) atoms. The molecule has 3 heteroatoms. The molecule has 2 nitrogen and oxygen atoms in total. The van der Waals surface area contributed by atoms with Crippen LogP contribution in [0.5, 0.6) is 0 Å². The Morgan fingerprint density at radius 2 is 2.11 bits per heavy atom. The Kier molecular flexibility index (Phi) is 6.91. The number of halogens is 1. The molecule has 1 N–H and O–H groups in total.